The second-order valence-electron chi connectivity index (χ2n) is 3.79. The Kier molecular flexibility index (Phi) is 3.03. The van der Waals surface area contributed by atoms with E-state index in [1.54, 1.807) is 0 Å². The van der Waals surface area contributed by atoms with Crippen LogP contribution >= 0.6 is 11.6 Å². The van der Waals surface area contributed by atoms with Crippen molar-refractivity contribution in [1.29, 1.82) is 0 Å². The first-order valence-corrected chi connectivity index (χ1v) is 5.32. The van der Waals surface area contributed by atoms with Gasteiger partial charge in [0.2, 0.25) is 0 Å². The summed E-state index contributed by atoms with van der Waals surface area (Å²) in [7, 11) is 0. The molecular weight excluding hydrogens is 257 g/mol. The third-order valence-electron chi connectivity index (χ3n) is 2.64. The van der Waals surface area contributed by atoms with Gasteiger partial charge in [-0.3, -0.25) is 4.79 Å². The van der Waals surface area contributed by atoms with Crippen LogP contribution in [-0.2, 0) is 4.79 Å². The molecule has 17 heavy (non-hydrogen) atoms. The zero-order chi connectivity index (χ0) is 12.6. The van der Waals surface area contributed by atoms with E-state index in [1.165, 1.54) is 12.1 Å². The summed E-state index contributed by atoms with van der Waals surface area (Å²) in [5.41, 5.74) is 0.253. The first-order chi connectivity index (χ1) is 7.87. The van der Waals surface area contributed by atoms with Gasteiger partial charge in [0, 0.05) is 22.9 Å². The van der Waals surface area contributed by atoms with Gasteiger partial charge >= 0.3 is 6.36 Å². The van der Waals surface area contributed by atoms with Crippen molar-refractivity contribution in [3.8, 4) is 5.75 Å². The first-order valence-electron chi connectivity index (χ1n) is 4.95. The van der Waals surface area contributed by atoms with Gasteiger partial charge in [0.15, 0.2) is 0 Å². The van der Waals surface area contributed by atoms with Crippen LogP contribution in [-0.4, -0.2) is 12.1 Å². The molecule has 0 amide bonds. The molecule has 0 heterocycles. The SMILES string of the molecule is O=C1CCC1c1ccc(Cl)cc1OC(F)(F)F. The zero-order valence-electron chi connectivity index (χ0n) is 8.55. The molecular formula is C11H8ClF3O2. The summed E-state index contributed by atoms with van der Waals surface area (Å²) in [4.78, 5) is 11.3. The molecule has 0 spiro atoms. The second kappa shape index (κ2) is 4.22. The molecule has 1 fully saturated rings. The summed E-state index contributed by atoms with van der Waals surface area (Å²) >= 11 is 5.62. The van der Waals surface area contributed by atoms with Crippen molar-refractivity contribution < 1.29 is 22.7 Å². The Morgan fingerprint density at radius 2 is 2.06 bits per heavy atom. The lowest BCUT2D eigenvalue weighted by atomic mass is 9.78. The molecule has 1 aliphatic carbocycles. The number of carbonyl (C=O) groups is 1. The van der Waals surface area contributed by atoms with E-state index in [0.717, 1.165) is 6.07 Å². The summed E-state index contributed by atoms with van der Waals surface area (Å²) < 4.78 is 40.4. The molecule has 1 aliphatic rings. The van der Waals surface area contributed by atoms with Crippen LogP contribution in [0.5, 0.6) is 5.75 Å². The van der Waals surface area contributed by atoms with E-state index in [0.29, 0.717) is 12.8 Å². The number of carbonyl (C=O) groups excluding carboxylic acids is 1. The lowest BCUT2D eigenvalue weighted by Crippen LogP contribution is -2.25. The van der Waals surface area contributed by atoms with Crippen LogP contribution in [0.2, 0.25) is 5.02 Å². The quantitative estimate of drug-likeness (QED) is 0.814. The monoisotopic (exact) mass is 264 g/mol. The lowest BCUT2D eigenvalue weighted by Gasteiger charge is -2.26. The number of alkyl halides is 3. The van der Waals surface area contributed by atoms with Crippen LogP contribution in [0, 0.1) is 0 Å². The average Bonchev–Trinajstić information content (AvgIpc) is 2.17. The van der Waals surface area contributed by atoms with E-state index >= 15 is 0 Å². The maximum atomic E-state index is 12.2. The molecule has 92 valence electrons. The van der Waals surface area contributed by atoms with E-state index in [4.69, 9.17) is 11.6 Å². The largest absolute Gasteiger partial charge is 0.573 e. The van der Waals surface area contributed by atoms with Crippen LogP contribution in [0.25, 0.3) is 0 Å². The normalized spacial score (nSPS) is 20.0. The van der Waals surface area contributed by atoms with Crippen molar-refractivity contribution >= 4 is 17.4 Å². The molecule has 6 heteroatoms. The van der Waals surface area contributed by atoms with Gasteiger partial charge in [0.05, 0.1) is 0 Å². The molecule has 0 radical (unpaired) electrons. The molecule has 1 aromatic rings. The van der Waals surface area contributed by atoms with E-state index in [-0.39, 0.29) is 22.1 Å². The zero-order valence-corrected chi connectivity index (χ0v) is 9.31. The summed E-state index contributed by atoms with van der Waals surface area (Å²) in [5.74, 6) is -0.952. The third kappa shape index (κ3) is 2.72. The van der Waals surface area contributed by atoms with Crippen molar-refractivity contribution in [2.45, 2.75) is 25.1 Å². The van der Waals surface area contributed by atoms with Gasteiger partial charge in [-0.1, -0.05) is 17.7 Å². The summed E-state index contributed by atoms with van der Waals surface area (Å²) in [6, 6.07) is 3.94. The third-order valence-corrected chi connectivity index (χ3v) is 2.88. The summed E-state index contributed by atoms with van der Waals surface area (Å²) in [6.45, 7) is 0. The number of rotatable bonds is 2. The Hall–Kier alpha value is -1.23. The van der Waals surface area contributed by atoms with Crippen LogP contribution < -0.4 is 4.74 Å². The van der Waals surface area contributed by atoms with E-state index in [1.807, 2.05) is 0 Å². The van der Waals surface area contributed by atoms with Crippen molar-refractivity contribution in [2.75, 3.05) is 0 Å². The number of halogens is 4. The van der Waals surface area contributed by atoms with E-state index in [9.17, 15) is 18.0 Å². The van der Waals surface area contributed by atoms with Crippen LogP contribution in [0.3, 0.4) is 0 Å². The Bertz CT molecular complexity index is 457. The topological polar surface area (TPSA) is 26.3 Å². The fraction of sp³-hybridized carbons (Fsp3) is 0.364. The molecule has 0 saturated heterocycles. The Morgan fingerprint density at radius 1 is 1.35 bits per heavy atom. The molecule has 0 N–H and O–H groups in total. The molecule has 1 unspecified atom stereocenters. The minimum Gasteiger partial charge on any atom is -0.405 e. The first kappa shape index (κ1) is 12.2. The van der Waals surface area contributed by atoms with Crippen molar-refractivity contribution in [2.24, 2.45) is 0 Å². The van der Waals surface area contributed by atoms with Gasteiger partial charge in [-0.25, -0.2) is 0 Å². The smallest absolute Gasteiger partial charge is 0.405 e. The second-order valence-corrected chi connectivity index (χ2v) is 4.22. The van der Waals surface area contributed by atoms with Crippen LogP contribution in [0.4, 0.5) is 13.2 Å². The maximum absolute atomic E-state index is 12.2. The van der Waals surface area contributed by atoms with Crippen molar-refractivity contribution in [3.63, 3.8) is 0 Å². The van der Waals surface area contributed by atoms with Crippen molar-refractivity contribution in [3.05, 3.63) is 28.8 Å². The lowest BCUT2D eigenvalue weighted by molar-refractivity contribution is -0.275. The van der Waals surface area contributed by atoms with Gasteiger partial charge in [-0.05, 0) is 18.6 Å². The molecule has 0 aromatic heterocycles. The number of Topliss-reactive ketones (excluding diaryl/α,β-unsaturated/α-hetero) is 1. The highest BCUT2D eigenvalue weighted by Gasteiger charge is 2.36. The van der Waals surface area contributed by atoms with Crippen LogP contribution in [0.15, 0.2) is 18.2 Å². The standard InChI is InChI=1S/C11H8ClF3O2/c12-6-1-2-8(7-3-4-9(7)16)10(5-6)17-11(13,14)15/h1-2,5,7H,3-4H2. The van der Waals surface area contributed by atoms with Crippen LogP contribution in [0.1, 0.15) is 24.3 Å². The molecule has 1 saturated carbocycles. The predicted molar refractivity (Wildman–Crippen MR) is 55.1 cm³/mol. The van der Waals surface area contributed by atoms with E-state index in [2.05, 4.69) is 4.74 Å². The molecule has 1 atom stereocenters. The number of hydrogen-bond donors (Lipinski definition) is 0. The van der Waals surface area contributed by atoms with Gasteiger partial charge in [0.25, 0.3) is 0 Å². The van der Waals surface area contributed by atoms with E-state index < -0.39 is 12.3 Å². The average molecular weight is 265 g/mol. The molecule has 1 aromatic carbocycles. The predicted octanol–water partition coefficient (Wildman–Crippen LogP) is 3.69. The van der Waals surface area contributed by atoms with Gasteiger partial charge in [-0.2, -0.15) is 0 Å². The molecule has 2 nitrogen and oxygen atoms in total. The number of hydrogen-bond acceptors (Lipinski definition) is 2. The minimum absolute atomic E-state index is 0.0700. The van der Waals surface area contributed by atoms with Gasteiger partial charge < -0.3 is 4.74 Å². The summed E-state index contributed by atoms with van der Waals surface area (Å²) in [6.07, 6.45) is -3.83. The minimum atomic E-state index is -4.79. The Labute approximate surface area is 100 Å². The highest BCUT2D eigenvalue weighted by molar-refractivity contribution is 6.30. The fourth-order valence-electron chi connectivity index (χ4n) is 1.74. The van der Waals surface area contributed by atoms with Crippen molar-refractivity contribution in [1.82, 2.24) is 0 Å². The molecule has 0 bridgehead atoms. The van der Waals surface area contributed by atoms with Gasteiger partial charge in [0.1, 0.15) is 11.5 Å². The molecule has 2 rings (SSSR count). The van der Waals surface area contributed by atoms with Gasteiger partial charge in [-0.15, -0.1) is 13.2 Å². The maximum Gasteiger partial charge on any atom is 0.573 e. The Morgan fingerprint density at radius 3 is 2.53 bits per heavy atom. The highest BCUT2D eigenvalue weighted by Crippen LogP contribution is 2.40. The fourth-order valence-corrected chi connectivity index (χ4v) is 1.91. The number of ether oxygens (including phenoxy) is 1. The Balaban J connectivity index is 2.34. The number of ketones is 1. The summed E-state index contributed by atoms with van der Waals surface area (Å²) in [5, 5.41) is 0.139. The highest BCUT2D eigenvalue weighted by atomic mass is 35.5. The number of benzene rings is 1. The molecule has 0 aliphatic heterocycles.